The summed E-state index contributed by atoms with van der Waals surface area (Å²) in [6.07, 6.45) is -1.19. The number of anilines is 1. The number of carboxylic acids is 1. The Hall–Kier alpha value is -3.36. The van der Waals surface area contributed by atoms with Crippen molar-refractivity contribution in [1.29, 1.82) is 0 Å². The first kappa shape index (κ1) is 24.8. The fourth-order valence-electron chi connectivity index (χ4n) is 4.12. The van der Waals surface area contributed by atoms with E-state index in [-0.39, 0.29) is 25.4 Å². The molecule has 0 aromatic heterocycles. The minimum Gasteiger partial charge on any atom is -0.481 e. The molecule has 0 radical (unpaired) electrons. The highest BCUT2D eigenvalue weighted by molar-refractivity contribution is 9.10. The lowest BCUT2D eigenvalue weighted by atomic mass is 9.98. The van der Waals surface area contributed by atoms with E-state index in [1.807, 2.05) is 48.5 Å². The molecule has 1 aliphatic carbocycles. The fraction of sp³-hybridized carbons (Fsp3) is 0.192. The van der Waals surface area contributed by atoms with E-state index < -0.39 is 24.0 Å². The van der Waals surface area contributed by atoms with Gasteiger partial charge in [0, 0.05) is 22.5 Å². The van der Waals surface area contributed by atoms with Crippen LogP contribution in [-0.2, 0) is 14.3 Å². The summed E-state index contributed by atoms with van der Waals surface area (Å²) in [7, 11) is 0. The second-order valence-electron chi connectivity index (χ2n) is 8.07. The van der Waals surface area contributed by atoms with E-state index in [2.05, 4.69) is 26.6 Å². The number of fused-ring (bicyclic) bond motifs is 3. The number of aliphatic carboxylic acids is 1. The molecule has 0 fully saturated rings. The summed E-state index contributed by atoms with van der Waals surface area (Å²) in [5.74, 6) is -1.77. The Bertz CT molecular complexity index is 1240. The number of alkyl carbamates (subject to hydrolysis) is 1. The number of benzene rings is 3. The molecule has 9 heteroatoms. The average molecular weight is 558 g/mol. The molecule has 0 aliphatic heterocycles. The van der Waals surface area contributed by atoms with Gasteiger partial charge in [0.1, 0.15) is 12.6 Å². The number of ether oxygens (including phenoxy) is 1. The average Bonchev–Trinajstić information content (AvgIpc) is 3.16. The van der Waals surface area contributed by atoms with E-state index in [9.17, 15) is 14.4 Å². The first-order chi connectivity index (χ1) is 16.8. The highest BCUT2D eigenvalue weighted by Crippen LogP contribution is 2.44. The molecule has 4 rings (SSSR count). The Morgan fingerprint density at radius 2 is 1.63 bits per heavy atom. The molecule has 1 atom stereocenters. The van der Waals surface area contributed by atoms with E-state index in [1.165, 1.54) is 0 Å². The topological polar surface area (TPSA) is 105 Å². The lowest BCUT2D eigenvalue weighted by Crippen LogP contribution is -2.44. The maximum atomic E-state index is 12.8. The van der Waals surface area contributed by atoms with Gasteiger partial charge in [0.05, 0.1) is 5.02 Å². The number of hydrogen-bond acceptors (Lipinski definition) is 4. The van der Waals surface area contributed by atoms with Crippen LogP contribution in [0.4, 0.5) is 10.5 Å². The molecule has 7 nitrogen and oxygen atoms in total. The quantitative estimate of drug-likeness (QED) is 0.324. The van der Waals surface area contributed by atoms with E-state index in [0.717, 1.165) is 22.3 Å². The smallest absolute Gasteiger partial charge is 0.407 e. The van der Waals surface area contributed by atoms with Crippen molar-refractivity contribution in [3.8, 4) is 11.1 Å². The summed E-state index contributed by atoms with van der Waals surface area (Å²) in [6.45, 7) is 0.0806. The number of amides is 2. The summed E-state index contributed by atoms with van der Waals surface area (Å²) in [6, 6.07) is 19.6. The fourth-order valence-corrected chi connectivity index (χ4v) is 4.62. The van der Waals surface area contributed by atoms with Crippen LogP contribution in [0.2, 0.25) is 5.02 Å². The van der Waals surface area contributed by atoms with Crippen molar-refractivity contribution in [2.24, 2.45) is 0 Å². The van der Waals surface area contributed by atoms with Crippen molar-refractivity contribution < 1.29 is 24.2 Å². The second-order valence-corrected chi connectivity index (χ2v) is 9.33. The zero-order chi connectivity index (χ0) is 24.9. The van der Waals surface area contributed by atoms with Crippen LogP contribution in [0.1, 0.15) is 29.9 Å². The number of halogens is 2. The first-order valence-electron chi connectivity index (χ1n) is 10.9. The largest absolute Gasteiger partial charge is 0.481 e. The molecule has 0 spiro atoms. The molecule has 2 amide bonds. The van der Waals surface area contributed by atoms with Crippen molar-refractivity contribution in [1.82, 2.24) is 5.32 Å². The first-order valence-corrected chi connectivity index (χ1v) is 12.1. The van der Waals surface area contributed by atoms with Crippen molar-refractivity contribution in [2.75, 3.05) is 11.9 Å². The van der Waals surface area contributed by atoms with Crippen LogP contribution >= 0.6 is 27.5 Å². The van der Waals surface area contributed by atoms with Gasteiger partial charge >= 0.3 is 12.1 Å². The Kier molecular flexibility index (Phi) is 7.73. The summed E-state index contributed by atoms with van der Waals surface area (Å²) >= 11 is 9.27. The standard InChI is InChI=1S/C26H22BrClN2O5/c27-21-13-15(9-10-22(21)28)29-25(33)23(11-12-24(31)32)30-26(34)35-14-20-18-7-3-1-5-16(18)17-6-2-4-8-19(17)20/h1-10,13,20,23H,11-12,14H2,(H,29,33)(H,30,34)(H,31,32). The molecule has 3 N–H and O–H groups in total. The Labute approximate surface area is 215 Å². The SMILES string of the molecule is O=C(O)CCC(NC(=O)OCC1c2ccccc2-c2ccccc21)C(=O)Nc1ccc(Cl)c(Br)c1. The third-order valence-corrected chi connectivity index (χ3v) is 7.00. The molecule has 0 bridgehead atoms. The predicted octanol–water partition coefficient (Wildman–Crippen LogP) is 5.81. The third kappa shape index (κ3) is 5.83. The van der Waals surface area contributed by atoms with Crippen LogP contribution in [0.3, 0.4) is 0 Å². The lowest BCUT2D eigenvalue weighted by molar-refractivity contribution is -0.137. The highest BCUT2D eigenvalue weighted by Gasteiger charge is 2.30. The van der Waals surface area contributed by atoms with Crippen molar-refractivity contribution >= 4 is 51.2 Å². The van der Waals surface area contributed by atoms with Gasteiger partial charge in [-0.05, 0) is 62.8 Å². The summed E-state index contributed by atoms with van der Waals surface area (Å²) < 4.78 is 6.10. The van der Waals surface area contributed by atoms with Gasteiger partial charge in [-0.25, -0.2) is 4.79 Å². The molecule has 180 valence electrons. The molecule has 3 aromatic rings. The number of nitrogens with one attached hydrogen (secondary N) is 2. The predicted molar refractivity (Wildman–Crippen MR) is 137 cm³/mol. The maximum Gasteiger partial charge on any atom is 0.407 e. The van der Waals surface area contributed by atoms with Gasteiger partial charge in [0.25, 0.3) is 0 Å². The van der Waals surface area contributed by atoms with E-state index >= 15 is 0 Å². The van der Waals surface area contributed by atoms with Crippen LogP contribution in [0.5, 0.6) is 0 Å². The number of carbonyl (C=O) groups is 3. The molecular weight excluding hydrogens is 536 g/mol. The summed E-state index contributed by atoms with van der Waals surface area (Å²) in [5, 5.41) is 14.7. The van der Waals surface area contributed by atoms with E-state index in [1.54, 1.807) is 18.2 Å². The zero-order valence-electron chi connectivity index (χ0n) is 18.5. The highest BCUT2D eigenvalue weighted by atomic mass is 79.9. The summed E-state index contributed by atoms with van der Waals surface area (Å²) in [5.41, 5.74) is 4.78. The summed E-state index contributed by atoms with van der Waals surface area (Å²) in [4.78, 5) is 36.6. The van der Waals surface area contributed by atoms with Crippen LogP contribution in [-0.4, -0.2) is 35.7 Å². The van der Waals surface area contributed by atoms with Gasteiger partial charge in [-0.3, -0.25) is 9.59 Å². The van der Waals surface area contributed by atoms with Crippen LogP contribution in [0.15, 0.2) is 71.2 Å². The minimum absolute atomic E-state index is 0.0806. The van der Waals surface area contributed by atoms with Crippen LogP contribution in [0.25, 0.3) is 11.1 Å². The molecule has 1 unspecified atom stereocenters. The van der Waals surface area contributed by atoms with Crippen LogP contribution in [0, 0.1) is 0 Å². The van der Waals surface area contributed by atoms with E-state index in [0.29, 0.717) is 15.2 Å². The molecule has 1 aliphatic rings. The lowest BCUT2D eigenvalue weighted by Gasteiger charge is -2.19. The Balaban J connectivity index is 1.43. The molecule has 3 aromatic carbocycles. The Morgan fingerprint density at radius 1 is 1.00 bits per heavy atom. The number of hydrogen-bond donors (Lipinski definition) is 3. The second kappa shape index (κ2) is 10.9. The maximum absolute atomic E-state index is 12.8. The van der Waals surface area contributed by atoms with E-state index in [4.69, 9.17) is 21.4 Å². The minimum atomic E-state index is -1.10. The number of rotatable bonds is 8. The van der Waals surface area contributed by atoms with Gasteiger partial charge in [0.2, 0.25) is 5.91 Å². The number of carboxylic acid groups (broad SMARTS) is 1. The molecule has 0 saturated heterocycles. The molecule has 0 heterocycles. The molecular formula is C26H22BrClN2O5. The van der Waals surface area contributed by atoms with Crippen LogP contribution < -0.4 is 10.6 Å². The molecule has 35 heavy (non-hydrogen) atoms. The van der Waals surface area contributed by atoms with Gasteiger partial charge in [-0.1, -0.05) is 60.1 Å². The Morgan fingerprint density at radius 3 is 2.23 bits per heavy atom. The number of carbonyl (C=O) groups excluding carboxylic acids is 2. The van der Waals surface area contributed by atoms with Gasteiger partial charge < -0.3 is 20.5 Å². The zero-order valence-corrected chi connectivity index (χ0v) is 20.8. The third-order valence-electron chi connectivity index (χ3n) is 5.79. The van der Waals surface area contributed by atoms with Gasteiger partial charge in [-0.15, -0.1) is 0 Å². The van der Waals surface area contributed by atoms with Gasteiger partial charge in [-0.2, -0.15) is 0 Å². The van der Waals surface area contributed by atoms with Gasteiger partial charge in [0.15, 0.2) is 0 Å². The molecule has 0 saturated carbocycles. The normalized spacial score (nSPS) is 12.9. The van der Waals surface area contributed by atoms with Crippen molar-refractivity contribution in [3.05, 3.63) is 87.4 Å². The monoisotopic (exact) mass is 556 g/mol. The van der Waals surface area contributed by atoms with Crippen molar-refractivity contribution in [3.63, 3.8) is 0 Å². The van der Waals surface area contributed by atoms with Crippen molar-refractivity contribution in [2.45, 2.75) is 24.8 Å².